The lowest BCUT2D eigenvalue weighted by Gasteiger charge is -2.35. The number of alkyl halides is 6. The standard InChI is InChI=1S/C19H29ClN2O.C18H15ClF4N2O.C18H14ClN3O2S.C17H18ClN3O3.C17H23ClN2O2S.C15H11ClF3N3O3/c1-18(2,3)13-19(4,5)21-17(23)16-7-6-12-22(16)15-10-8-14(20)9-11-15;19-11-3-6-13(7-4-11)25-9-1-2-16(25)17(26)24-12-5-8-15(20)14(10-12)18(21,22)23;19-11-5-7-12(8-6-11)22-14(9-10-16(22)23)17(24)21-18-20-13-3-1-2-4-15(13)25-18;1-2-3-12-10-15(24-20-12)19-17(23)14-8-9-16(22)21(14)13-6-4-11(18)5-7-13;1-17(2,3)23-11-10-19-16(22)14-8-9-15(21)20(14)13-6-4-12(18)5-7-13;16-8-1-3-9(4-2-8)22-10(5-6-12(22)23)13(24)21-14-20-11(7-25-14)15(17,18)19/h8-11,16H,6-7,12-13H2,1-5H3,(H,21,23);3-8,10,16H,1-2,9H2,(H,24,26);1-8,14H,9-10H2,(H,20,21,24);4-7,10,14H,2-3,8-9H2,1H3,(H,19,23);4-7,14H,8-11H2,1-3H3,(H,19,22);1-4,7,10H,5-6H2,(H,20,21,24)/t2*16-;3*14-;10-/m000000/s1. The summed E-state index contributed by atoms with van der Waals surface area (Å²) in [5.41, 5.74) is 3.28. The highest BCUT2D eigenvalue weighted by Gasteiger charge is 2.45. The maximum atomic E-state index is 13.4. The van der Waals surface area contributed by atoms with Gasteiger partial charge in [0.25, 0.3) is 5.91 Å². The molecule has 0 saturated carbocycles. The van der Waals surface area contributed by atoms with Gasteiger partial charge in [-0.05, 0) is 259 Å². The second-order valence-electron chi connectivity index (χ2n) is 37.8. The summed E-state index contributed by atoms with van der Waals surface area (Å²) >= 11 is 38.6. The Morgan fingerprint density at radius 1 is 0.459 bits per heavy atom. The van der Waals surface area contributed by atoms with Crippen LogP contribution in [-0.2, 0) is 66.7 Å². The molecule has 6 fully saturated rings. The summed E-state index contributed by atoms with van der Waals surface area (Å²) in [6.45, 7) is 21.5. The Bertz CT molecular complexity index is 6370. The zero-order valence-corrected chi connectivity index (χ0v) is 87.3. The summed E-state index contributed by atoms with van der Waals surface area (Å²) in [7, 11) is 0. The van der Waals surface area contributed by atoms with E-state index in [2.05, 4.69) is 112 Å². The van der Waals surface area contributed by atoms with Crippen molar-refractivity contribution in [3.8, 4) is 0 Å². The Morgan fingerprint density at radius 3 is 1.27 bits per heavy atom. The molecule has 6 aliphatic heterocycles. The van der Waals surface area contributed by atoms with Crippen molar-refractivity contribution in [2.24, 2.45) is 5.41 Å². The van der Waals surface area contributed by atoms with Crippen LogP contribution in [0.5, 0.6) is 0 Å². The molecule has 10 amide bonds. The molecule has 6 atom stereocenters. The number of aromatic nitrogens is 3. The zero-order valence-electron chi connectivity index (χ0n) is 81.1. The molecule has 3 aromatic heterocycles. The fourth-order valence-corrected chi connectivity index (χ4v) is 20.0. The van der Waals surface area contributed by atoms with Gasteiger partial charge in [0, 0.05) is 137 Å². The molecule has 776 valence electrons. The van der Waals surface area contributed by atoms with Gasteiger partial charge in [-0.3, -0.25) is 78.2 Å². The summed E-state index contributed by atoms with van der Waals surface area (Å²) in [5, 5.41) is 24.4. The minimum absolute atomic E-state index is 0.0171. The first kappa shape index (κ1) is 113. The number of carbonyl (C=O) groups is 10. The Hall–Kier alpha value is -12.0. The first-order chi connectivity index (χ1) is 69.0. The number of hydrogen-bond acceptors (Lipinski definition) is 19. The highest BCUT2D eigenvalue weighted by molar-refractivity contribution is 8.00. The molecule has 0 radical (unpaired) electrons. The number of aryl methyl sites for hydroxylation is 1. The Morgan fingerprint density at radius 2 is 0.863 bits per heavy atom. The van der Waals surface area contributed by atoms with Crippen LogP contribution in [0.3, 0.4) is 0 Å². The molecule has 11 aromatic rings. The van der Waals surface area contributed by atoms with Crippen LogP contribution in [0.2, 0.25) is 30.1 Å². The molecule has 8 aromatic carbocycles. The highest BCUT2D eigenvalue weighted by Crippen LogP contribution is 2.40. The van der Waals surface area contributed by atoms with E-state index in [1.807, 2.05) is 72.1 Å². The smallest absolute Gasteiger partial charge is 0.431 e. The van der Waals surface area contributed by atoms with Crippen LogP contribution < -0.4 is 61.3 Å². The number of benzene rings is 8. The van der Waals surface area contributed by atoms with Crippen LogP contribution in [0.25, 0.3) is 10.2 Å². The molecule has 27 nitrogen and oxygen atoms in total. The van der Waals surface area contributed by atoms with Crippen LogP contribution >= 0.6 is 92.7 Å². The van der Waals surface area contributed by atoms with Gasteiger partial charge in [-0.15, -0.1) is 0 Å². The number of fused-ring (bicyclic) bond motifs is 1. The van der Waals surface area contributed by atoms with Gasteiger partial charge in [0.05, 0.1) is 21.5 Å². The second kappa shape index (κ2) is 50.1. The van der Waals surface area contributed by atoms with E-state index < -0.39 is 77.5 Å². The number of anilines is 10. The summed E-state index contributed by atoms with van der Waals surface area (Å²) in [6, 6.07) is 50.1. The number of carbonyl (C=O) groups excluding carboxylic acids is 10. The maximum Gasteiger partial charge on any atom is 0.436 e. The number of oxazole rings is 1. The molecule has 0 bridgehead atoms. The molecule has 42 heteroatoms. The molecule has 0 aliphatic carbocycles. The van der Waals surface area contributed by atoms with Crippen molar-refractivity contribution in [3.05, 3.63) is 253 Å². The first-order valence-corrected chi connectivity index (χ1v) is 51.2. The normalized spacial score (nSPS) is 17.8. The van der Waals surface area contributed by atoms with Crippen LogP contribution in [-0.4, -0.2) is 146 Å². The Kier molecular flexibility index (Phi) is 38.7. The van der Waals surface area contributed by atoms with Gasteiger partial charge in [0.15, 0.2) is 10.8 Å². The van der Waals surface area contributed by atoms with E-state index in [9.17, 15) is 78.7 Å². The number of nitrogens with zero attached hydrogens (tertiary/aromatic N) is 9. The highest BCUT2D eigenvalue weighted by atomic mass is 35.5. The van der Waals surface area contributed by atoms with E-state index in [4.69, 9.17) is 74.1 Å². The van der Waals surface area contributed by atoms with Gasteiger partial charge in [0.1, 0.15) is 48.3 Å². The van der Waals surface area contributed by atoms with Crippen molar-refractivity contribution >= 4 is 219 Å². The molecule has 6 aliphatic rings. The van der Waals surface area contributed by atoms with Gasteiger partial charge >= 0.3 is 18.4 Å². The van der Waals surface area contributed by atoms with Crippen LogP contribution in [0, 0.1) is 11.2 Å². The van der Waals surface area contributed by atoms with Crippen molar-refractivity contribution in [2.45, 2.75) is 218 Å². The monoisotopic (exact) mass is 2170 g/mol. The van der Waals surface area contributed by atoms with Crippen molar-refractivity contribution in [1.82, 2.24) is 25.8 Å². The molecule has 6 saturated heterocycles. The number of para-hydroxylation sites is 1. The molecule has 6 N–H and O–H groups in total. The number of amides is 10. The third kappa shape index (κ3) is 31.5. The third-order valence-electron chi connectivity index (χ3n) is 23.7. The largest absolute Gasteiger partial charge is 0.436 e. The van der Waals surface area contributed by atoms with E-state index >= 15 is 0 Å². The fraction of sp³-hybridized carbons (Fsp3) is 0.375. The van der Waals surface area contributed by atoms with Crippen molar-refractivity contribution in [3.63, 3.8) is 0 Å². The SMILES string of the molecule is CC(C)(C)CC(C)(C)NC(=O)[C@@H]1CCCN1c1ccc(Cl)cc1.CC(C)(C)SCCNC(=O)[C@@H]1CCC(=O)N1c1ccc(Cl)cc1.CCCc1cc(NC(=O)[C@@H]2CCC(=O)N2c2ccc(Cl)cc2)on1.O=C(Nc1ccc(F)c(C(F)(F)F)c1)[C@@H]1CCCN1c1ccc(Cl)cc1.O=C(Nc1nc(C(F)(F)F)co1)[C@@H]1CCC(=O)N1c1ccc(Cl)cc1.O=C(Nc1nc2ccccc2s1)[C@@H]1CCC(=O)N1c1ccc(Cl)cc1. The fourth-order valence-electron chi connectivity index (χ4n) is 17.6. The van der Waals surface area contributed by atoms with Crippen LogP contribution in [0.1, 0.15) is 169 Å². The van der Waals surface area contributed by atoms with E-state index in [0.717, 1.165) is 94.9 Å². The lowest BCUT2D eigenvalue weighted by molar-refractivity contribution is -0.141. The van der Waals surface area contributed by atoms with Crippen molar-refractivity contribution < 1.29 is 87.6 Å². The Labute approximate surface area is 878 Å². The molecule has 9 heterocycles. The van der Waals surface area contributed by atoms with Gasteiger partial charge in [-0.1, -0.05) is 153 Å². The van der Waals surface area contributed by atoms with Gasteiger partial charge in [0.2, 0.25) is 59.0 Å². The first-order valence-electron chi connectivity index (χ1n) is 47.1. The molecule has 0 unspecified atom stereocenters. The average molecular weight is 2170 g/mol. The molecular weight excluding hydrogens is 2060 g/mol. The topological polar surface area (TPSA) is 327 Å². The van der Waals surface area contributed by atoms with Crippen LogP contribution in [0.4, 0.5) is 87.6 Å². The molecule has 17 rings (SSSR count). The zero-order chi connectivity index (χ0) is 106. The summed E-state index contributed by atoms with van der Waals surface area (Å²) in [6.07, 6.45) is -0.179. The van der Waals surface area contributed by atoms with E-state index in [-0.39, 0.29) is 87.5 Å². The molecule has 0 spiro atoms. The quantitative estimate of drug-likeness (QED) is 0.0256. The second-order valence-corrected chi connectivity index (χ2v) is 43.4. The number of hydrogen-bond donors (Lipinski definition) is 6. The van der Waals surface area contributed by atoms with Gasteiger partial charge in [-0.25, -0.2) is 9.37 Å². The van der Waals surface area contributed by atoms with Crippen LogP contribution in [0.15, 0.2) is 209 Å². The Balaban J connectivity index is 0.000000156. The molecular formula is C104H110Cl6F7N15O12S2. The predicted octanol–water partition coefficient (Wildman–Crippen LogP) is 24.2. The minimum Gasteiger partial charge on any atom is -0.431 e. The lowest BCUT2D eigenvalue weighted by Crippen LogP contribution is -2.52. The summed E-state index contributed by atoms with van der Waals surface area (Å²) in [4.78, 5) is 142. The number of rotatable bonds is 23. The number of nitrogens with one attached hydrogen (secondary N) is 6. The van der Waals surface area contributed by atoms with Crippen molar-refractivity contribution in [1.29, 1.82) is 0 Å². The number of thioether (sulfide) groups is 1. The average Bonchev–Trinajstić information content (AvgIpc) is 1.64. The minimum atomic E-state index is -4.83. The molecule has 146 heavy (non-hydrogen) atoms. The summed E-state index contributed by atoms with van der Waals surface area (Å²) < 4.78 is 100. The van der Waals surface area contributed by atoms with Gasteiger partial charge in [-0.2, -0.15) is 43.1 Å². The number of halogens is 13. The lowest BCUT2D eigenvalue weighted by atomic mass is 9.81. The summed E-state index contributed by atoms with van der Waals surface area (Å²) in [5.74, 6) is -2.22. The third-order valence-corrected chi connectivity index (χ3v) is 27.4. The van der Waals surface area contributed by atoms with E-state index in [1.54, 1.807) is 137 Å². The van der Waals surface area contributed by atoms with Crippen molar-refractivity contribution in [2.75, 3.05) is 76.1 Å². The van der Waals surface area contributed by atoms with E-state index in [1.165, 1.54) is 21.1 Å². The van der Waals surface area contributed by atoms with Gasteiger partial charge < -0.3 is 40.0 Å². The predicted molar refractivity (Wildman–Crippen MR) is 561 cm³/mol. The van der Waals surface area contributed by atoms with E-state index in [0.29, 0.717) is 130 Å². The maximum absolute atomic E-state index is 13.4. The number of thiazole rings is 1.